The number of nitrogens with zero attached hydrogens (tertiary/aromatic N) is 6. The minimum atomic E-state index is -0.277. The summed E-state index contributed by atoms with van der Waals surface area (Å²) in [5, 5.41) is 4.32. The molecule has 3 aromatic heterocycles. The van der Waals surface area contributed by atoms with Gasteiger partial charge in [-0.3, -0.25) is 0 Å². The Bertz CT molecular complexity index is 3720. The Hall–Kier alpha value is -5.94. The Morgan fingerprint density at radius 1 is 0.330 bits per heavy atom. The minimum absolute atomic E-state index is 0.277. The van der Waals surface area contributed by atoms with E-state index in [1.165, 1.54) is 165 Å². The van der Waals surface area contributed by atoms with E-state index in [2.05, 4.69) is 108 Å². The maximum Gasteiger partial charge on any atom is 0.339 e. The van der Waals surface area contributed by atoms with Crippen molar-refractivity contribution in [3.63, 3.8) is 0 Å². The van der Waals surface area contributed by atoms with E-state index < -0.39 is 0 Å². The van der Waals surface area contributed by atoms with Crippen LogP contribution in [0.3, 0.4) is 0 Å². The van der Waals surface area contributed by atoms with Crippen molar-refractivity contribution in [2.24, 2.45) is 0 Å². The molecule has 11 heteroatoms. The van der Waals surface area contributed by atoms with Crippen molar-refractivity contribution in [1.82, 2.24) is 39.9 Å². The molecule has 2 N–H and O–H groups in total. The molecule has 0 saturated heterocycles. The molecule has 0 amide bonds. The predicted molar refractivity (Wildman–Crippen MR) is 403 cm³/mol. The fraction of sp³-hybridized carbons (Fsp3) is 0.602. The molecule has 0 saturated carbocycles. The molecule has 0 fully saturated rings. The van der Waals surface area contributed by atoms with E-state index in [1.54, 1.807) is 0 Å². The number of hydrogen-bond acceptors (Lipinski definition) is 9. The summed E-state index contributed by atoms with van der Waals surface area (Å²) in [5.41, 5.74) is 17.9. The van der Waals surface area contributed by atoms with Gasteiger partial charge in [-0.15, -0.1) is 11.8 Å². The molecule has 2 aliphatic heterocycles. The summed E-state index contributed by atoms with van der Waals surface area (Å²) in [4.78, 5) is 58.8. The number of hydrogen-bond donors (Lipinski definition) is 2. The van der Waals surface area contributed by atoms with Crippen LogP contribution in [0.5, 0.6) is 0 Å². The molecule has 0 atom stereocenters. The van der Waals surface area contributed by atoms with Crippen LogP contribution in [-0.2, 0) is 56.1 Å². The van der Waals surface area contributed by atoms with Crippen molar-refractivity contribution in [1.29, 1.82) is 0 Å². The third-order valence-corrected chi connectivity index (χ3v) is 20.5. The van der Waals surface area contributed by atoms with Crippen molar-refractivity contribution in [2.45, 2.75) is 312 Å². The first-order chi connectivity index (χ1) is 46.2. The van der Waals surface area contributed by atoms with Crippen LogP contribution in [0.15, 0.2) is 42.5 Å². The molecule has 9 rings (SSSR count). The van der Waals surface area contributed by atoms with Crippen LogP contribution < -0.4 is 0 Å². The molecule has 94 heavy (non-hydrogen) atoms. The number of nitrogens with one attached hydrogen (secondary N) is 2. The van der Waals surface area contributed by atoms with Crippen LogP contribution in [0.4, 0.5) is 0 Å². The summed E-state index contributed by atoms with van der Waals surface area (Å²) in [7, 11) is 0. The highest BCUT2D eigenvalue weighted by atomic mass is 32.2. The molecule has 5 heterocycles. The highest BCUT2D eigenvalue weighted by molar-refractivity contribution is 7.98. The van der Waals surface area contributed by atoms with Gasteiger partial charge in [0.1, 0.15) is 28.5 Å². The van der Waals surface area contributed by atoms with Crippen LogP contribution in [0.1, 0.15) is 316 Å². The largest absolute Gasteiger partial charge is 0.451 e. The number of aromatic amines is 2. The fourth-order valence-corrected chi connectivity index (χ4v) is 15.2. The van der Waals surface area contributed by atoms with Crippen LogP contribution in [-0.4, -0.2) is 58.0 Å². The fourth-order valence-electron chi connectivity index (χ4n) is 14.9. The van der Waals surface area contributed by atoms with E-state index in [1.807, 2.05) is 6.26 Å². The number of unbranched alkanes of at least 4 members (excludes halogenated alkanes) is 24. The minimum Gasteiger partial charge on any atom is -0.451 e. The van der Waals surface area contributed by atoms with Crippen LogP contribution in [0, 0.1) is 0 Å². The van der Waals surface area contributed by atoms with E-state index in [0.29, 0.717) is 35.1 Å². The highest BCUT2D eigenvalue weighted by Gasteiger charge is 2.31. The van der Waals surface area contributed by atoms with E-state index >= 15 is 0 Å². The number of carbonyl (C=O) groups excluding carboxylic acids is 1. The molecule has 0 unspecified atom stereocenters. The molecule has 2 aliphatic rings. The van der Waals surface area contributed by atoms with Crippen LogP contribution in [0.2, 0.25) is 0 Å². The lowest BCUT2D eigenvalue weighted by atomic mass is 9.90. The van der Waals surface area contributed by atoms with Crippen LogP contribution in [0.25, 0.3) is 89.7 Å². The van der Waals surface area contributed by atoms with E-state index in [-0.39, 0.29) is 11.9 Å². The first kappa shape index (κ1) is 72.3. The maximum atomic E-state index is 15.0. The predicted octanol–water partition coefficient (Wildman–Crippen LogP) is 24.3. The van der Waals surface area contributed by atoms with E-state index in [4.69, 9.17) is 34.6 Å². The third kappa shape index (κ3) is 18.2. The zero-order valence-electron chi connectivity index (χ0n) is 59.9. The summed E-state index contributed by atoms with van der Waals surface area (Å²) in [6.45, 7) is 18.4. The van der Waals surface area contributed by atoms with Gasteiger partial charge in [0.25, 0.3) is 0 Å². The molecule has 7 aromatic rings. The number of thioether (sulfide) groups is 1. The Labute approximate surface area is 570 Å². The average Bonchev–Trinajstić information content (AvgIpc) is 1.57. The molecule has 0 spiro atoms. The Morgan fingerprint density at radius 2 is 0.596 bits per heavy atom. The van der Waals surface area contributed by atoms with Gasteiger partial charge in [-0.05, 0) is 160 Å². The molecule has 8 bridgehead atoms. The second-order valence-corrected chi connectivity index (χ2v) is 28.5. The molecule has 0 radical (unpaired) electrons. The number of benzene rings is 4. The Kier molecular flexibility index (Phi) is 29.3. The van der Waals surface area contributed by atoms with Crippen molar-refractivity contribution >= 4 is 61.9 Å². The topological polar surface area (TPSA) is 135 Å². The quantitative estimate of drug-likeness (QED) is 0.0218. The normalized spacial score (nSPS) is 12.0. The second kappa shape index (κ2) is 38.1. The lowest BCUT2D eigenvalue weighted by Crippen LogP contribution is -2.10. The van der Waals surface area contributed by atoms with Gasteiger partial charge in [-0.2, -0.15) is 0 Å². The number of carbonyl (C=O) groups is 1. The van der Waals surface area contributed by atoms with Crippen LogP contribution >= 0.6 is 11.8 Å². The first-order valence-electron chi connectivity index (χ1n) is 38.4. The van der Waals surface area contributed by atoms with Gasteiger partial charge < -0.3 is 14.7 Å². The molecular weight excluding hydrogens is 1170 g/mol. The van der Waals surface area contributed by atoms with Gasteiger partial charge in [0.15, 0.2) is 23.3 Å². The van der Waals surface area contributed by atoms with Gasteiger partial charge in [0.05, 0.1) is 5.56 Å². The SMILES string of the molecule is CCCCCCc1ccc(CCCCCC)c2c1-c1nc-2nc2[nH]c(nc3nc(nc4[nH]c(n1)c1c(CCCCCC)ccc(CCCCCC)c41)-c1c(CCCCCC)ccc(CCCCCC)c1-3)c1c(CCCCCC)c(C(=O)OCSC)cc(CCCCCC)c21. The number of aryl methyl sites for hydroxylation is 8. The van der Waals surface area contributed by atoms with E-state index in [0.717, 1.165) is 208 Å². The Morgan fingerprint density at radius 3 is 0.904 bits per heavy atom. The number of ether oxygens (including phenoxy) is 1. The zero-order chi connectivity index (χ0) is 66.0. The lowest BCUT2D eigenvalue weighted by Gasteiger charge is -2.15. The Balaban J connectivity index is 1.53. The smallest absolute Gasteiger partial charge is 0.339 e. The third-order valence-electron chi connectivity index (χ3n) is 20.2. The maximum absolute atomic E-state index is 15.0. The summed E-state index contributed by atoms with van der Waals surface area (Å²) >= 11 is 1.53. The molecule has 0 aliphatic carbocycles. The average molecular weight is 1290 g/mol. The number of rotatable bonds is 43. The van der Waals surface area contributed by atoms with Gasteiger partial charge in [0.2, 0.25) is 0 Å². The van der Waals surface area contributed by atoms with Gasteiger partial charge in [-0.1, -0.05) is 246 Å². The highest BCUT2D eigenvalue weighted by Crippen LogP contribution is 2.45. The standard InChI is InChI=1S/C83H118N8O2S/c1-10-18-26-34-42-58-50-51-59(43-35-27-19-11-2)68-67(58)75-84-76(68)86-78-71-62(46-38-30-22-14-5)54-55-63(47-39-31-23-15-6)72(71)80(88-78)90-82-74-65(49-41-33-25-17-8)66(83(92)93-57-94-9)56-64(48-40-32-24-16-7)73(74)81(91-82)89-79-70-61(45-37-29-21-13-4)53-52-60(44-36-28-20-12-3)69(70)77(85-75)87-79/h50-56H,10-49,57H2,1-9H3,(H2,84,85,86,87,88,89,90,91). The summed E-state index contributed by atoms with van der Waals surface area (Å²) in [6.07, 6.45) is 45.6. The number of aromatic nitrogens is 8. The van der Waals surface area contributed by atoms with Gasteiger partial charge in [-0.25, -0.2) is 34.7 Å². The molecule has 4 aromatic carbocycles. The lowest BCUT2D eigenvalue weighted by molar-refractivity contribution is 0.0578. The molecular formula is C83H118N8O2S. The van der Waals surface area contributed by atoms with E-state index in [9.17, 15) is 4.79 Å². The monoisotopic (exact) mass is 1290 g/mol. The van der Waals surface area contributed by atoms with Crippen molar-refractivity contribution in [3.8, 4) is 45.6 Å². The van der Waals surface area contributed by atoms with Crippen molar-refractivity contribution in [3.05, 3.63) is 92.5 Å². The zero-order valence-corrected chi connectivity index (χ0v) is 60.8. The summed E-state index contributed by atoms with van der Waals surface area (Å²) < 4.78 is 6.19. The molecule has 10 nitrogen and oxygen atoms in total. The van der Waals surface area contributed by atoms with Gasteiger partial charge >= 0.3 is 5.97 Å². The van der Waals surface area contributed by atoms with Crippen molar-refractivity contribution < 1.29 is 9.53 Å². The number of fused-ring (bicyclic) bond motifs is 20. The summed E-state index contributed by atoms with van der Waals surface area (Å²) in [5.74, 6) is 2.80. The summed E-state index contributed by atoms with van der Waals surface area (Å²) in [6, 6.07) is 16.7. The number of H-pyrrole nitrogens is 2. The van der Waals surface area contributed by atoms with Crippen molar-refractivity contribution in [2.75, 3.05) is 12.2 Å². The number of esters is 1. The second-order valence-electron chi connectivity index (χ2n) is 27.6. The van der Waals surface area contributed by atoms with Gasteiger partial charge in [0, 0.05) is 43.8 Å². The first-order valence-corrected chi connectivity index (χ1v) is 39.8. The molecule has 508 valence electrons.